The van der Waals surface area contributed by atoms with Crippen molar-refractivity contribution < 1.29 is 9.18 Å². The summed E-state index contributed by atoms with van der Waals surface area (Å²) >= 11 is 0. The van der Waals surface area contributed by atoms with Crippen LogP contribution in [0.1, 0.15) is 56.3 Å². The van der Waals surface area contributed by atoms with Gasteiger partial charge in [0.25, 0.3) is 5.91 Å². The van der Waals surface area contributed by atoms with Gasteiger partial charge in [-0.25, -0.2) is 4.98 Å². The molecule has 19 heavy (non-hydrogen) atoms. The summed E-state index contributed by atoms with van der Waals surface area (Å²) in [6, 6.07) is 3.00. The van der Waals surface area contributed by atoms with E-state index in [1.165, 1.54) is 31.5 Å². The van der Waals surface area contributed by atoms with Crippen LogP contribution in [-0.4, -0.2) is 17.4 Å². The summed E-state index contributed by atoms with van der Waals surface area (Å²) in [5.74, 6) is -0.335. The van der Waals surface area contributed by atoms with Crippen LogP contribution in [0, 0.1) is 11.9 Å². The Morgan fingerprint density at radius 1 is 1.32 bits per heavy atom. The lowest BCUT2D eigenvalue weighted by atomic mass is 10.0. The number of nitrogens with one attached hydrogen (secondary N) is 1. The average molecular weight is 266 g/mol. The highest BCUT2D eigenvalue weighted by atomic mass is 19.1. The van der Waals surface area contributed by atoms with Crippen molar-refractivity contribution in [3.8, 4) is 0 Å². The van der Waals surface area contributed by atoms with Crippen molar-refractivity contribution in [3.63, 3.8) is 0 Å². The third-order valence-electron chi connectivity index (χ3n) is 3.00. The number of carbonyl (C=O) groups excluding carboxylic acids is 1. The van der Waals surface area contributed by atoms with Crippen molar-refractivity contribution in [1.82, 2.24) is 10.3 Å². The van der Waals surface area contributed by atoms with Gasteiger partial charge in [-0.3, -0.25) is 4.79 Å². The monoisotopic (exact) mass is 266 g/mol. The molecule has 0 saturated heterocycles. The van der Waals surface area contributed by atoms with Crippen molar-refractivity contribution in [1.29, 1.82) is 0 Å². The van der Waals surface area contributed by atoms with E-state index < -0.39 is 5.95 Å². The predicted molar refractivity (Wildman–Crippen MR) is 74.5 cm³/mol. The number of unbranched alkanes of at least 4 members (excludes halogenated alkanes) is 3. The number of rotatable bonds is 8. The van der Waals surface area contributed by atoms with Gasteiger partial charge < -0.3 is 5.32 Å². The van der Waals surface area contributed by atoms with Crippen molar-refractivity contribution in [2.24, 2.45) is 5.92 Å². The second kappa shape index (κ2) is 8.62. The maximum absolute atomic E-state index is 13.2. The van der Waals surface area contributed by atoms with E-state index in [0.29, 0.717) is 6.54 Å². The minimum absolute atomic E-state index is 0.0160. The molecule has 0 fully saturated rings. The van der Waals surface area contributed by atoms with E-state index >= 15 is 0 Å². The maximum Gasteiger partial charge on any atom is 0.255 e. The Balaban J connectivity index is 2.13. The molecule has 1 rings (SSSR count). The lowest BCUT2D eigenvalue weighted by Crippen LogP contribution is -2.25. The van der Waals surface area contributed by atoms with E-state index in [-0.39, 0.29) is 11.5 Å². The zero-order chi connectivity index (χ0) is 14.1. The SMILES string of the molecule is CC(C)CCCCCCNC(=O)c1cccnc1F. The fraction of sp³-hybridized carbons (Fsp3) is 0.600. The van der Waals surface area contributed by atoms with Crippen molar-refractivity contribution >= 4 is 5.91 Å². The van der Waals surface area contributed by atoms with Gasteiger partial charge in [0, 0.05) is 12.7 Å². The highest BCUT2D eigenvalue weighted by molar-refractivity contribution is 5.94. The number of pyridine rings is 1. The van der Waals surface area contributed by atoms with Gasteiger partial charge in [0.2, 0.25) is 5.95 Å². The number of carbonyl (C=O) groups is 1. The molecule has 106 valence electrons. The summed E-state index contributed by atoms with van der Waals surface area (Å²) in [4.78, 5) is 15.1. The van der Waals surface area contributed by atoms with E-state index in [0.717, 1.165) is 18.8 Å². The predicted octanol–water partition coefficient (Wildman–Crippen LogP) is 3.56. The Morgan fingerprint density at radius 2 is 2.05 bits per heavy atom. The molecule has 1 aromatic rings. The van der Waals surface area contributed by atoms with E-state index in [4.69, 9.17) is 0 Å². The molecular weight excluding hydrogens is 243 g/mol. The standard InChI is InChI=1S/C15H23FN2O/c1-12(2)8-5-3-4-6-10-18-15(19)13-9-7-11-17-14(13)16/h7,9,11-12H,3-6,8,10H2,1-2H3,(H,18,19). The van der Waals surface area contributed by atoms with Crippen molar-refractivity contribution in [3.05, 3.63) is 29.8 Å². The van der Waals surface area contributed by atoms with Crippen LogP contribution in [0.5, 0.6) is 0 Å². The first-order valence-corrected chi connectivity index (χ1v) is 7.00. The van der Waals surface area contributed by atoms with Gasteiger partial charge in [-0.1, -0.05) is 39.5 Å². The molecule has 0 aliphatic heterocycles. The fourth-order valence-electron chi connectivity index (χ4n) is 1.88. The highest BCUT2D eigenvalue weighted by Crippen LogP contribution is 2.09. The Labute approximate surface area is 114 Å². The van der Waals surface area contributed by atoms with Crippen LogP contribution in [0.25, 0.3) is 0 Å². The minimum atomic E-state index is -0.711. The highest BCUT2D eigenvalue weighted by Gasteiger charge is 2.10. The molecule has 0 unspecified atom stereocenters. The number of hydrogen-bond donors (Lipinski definition) is 1. The first-order valence-electron chi connectivity index (χ1n) is 7.00. The van der Waals surface area contributed by atoms with E-state index in [2.05, 4.69) is 24.1 Å². The molecule has 0 bridgehead atoms. The Morgan fingerprint density at radius 3 is 2.74 bits per heavy atom. The fourth-order valence-corrected chi connectivity index (χ4v) is 1.88. The van der Waals surface area contributed by atoms with Gasteiger partial charge in [-0.05, 0) is 24.5 Å². The molecule has 0 atom stereocenters. The van der Waals surface area contributed by atoms with Crippen molar-refractivity contribution in [2.75, 3.05) is 6.54 Å². The molecule has 4 heteroatoms. The summed E-state index contributed by atoms with van der Waals surface area (Å²) in [5, 5.41) is 2.72. The second-order valence-corrected chi connectivity index (χ2v) is 5.19. The van der Waals surface area contributed by atoms with Crippen LogP contribution in [0.4, 0.5) is 4.39 Å². The average Bonchev–Trinajstić information content (AvgIpc) is 2.37. The molecule has 0 aliphatic carbocycles. The number of halogens is 1. The summed E-state index contributed by atoms with van der Waals surface area (Å²) in [6.45, 7) is 5.04. The molecule has 0 aromatic carbocycles. The van der Waals surface area contributed by atoms with Crippen LogP contribution < -0.4 is 5.32 Å². The lowest BCUT2D eigenvalue weighted by molar-refractivity contribution is 0.0948. The van der Waals surface area contributed by atoms with E-state index in [1.54, 1.807) is 6.07 Å². The molecule has 0 radical (unpaired) electrons. The van der Waals surface area contributed by atoms with Gasteiger partial charge in [-0.15, -0.1) is 0 Å². The number of nitrogens with zero attached hydrogens (tertiary/aromatic N) is 1. The van der Waals surface area contributed by atoms with Gasteiger partial charge in [0.15, 0.2) is 0 Å². The molecule has 1 amide bonds. The maximum atomic E-state index is 13.2. The quantitative estimate of drug-likeness (QED) is 0.577. The van der Waals surface area contributed by atoms with E-state index in [1.807, 2.05) is 0 Å². The third-order valence-corrected chi connectivity index (χ3v) is 3.00. The summed E-state index contributed by atoms with van der Waals surface area (Å²) in [6.07, 6.45) is 7.06. The molecule has 3 nitrogen and oxygen atoms in total. The summed E-state index contributed by atoms with van der Waals surface area (Å²) in [5.41, 5.74) is 0.0160. The van der Waals surface area contributed by atoms with Gasteiger partial charge >= 0.3 is 0 Å². The van der Waals surface area contributed by atoms with E-state index in [9.17, 15) is 9.18 Å². The Kier molecular flexibility index (Phi) is 7.08. The molecule has 0 saturated carbocycles. The zero-order valence-corrected chi connectivity index (χ0v) is 11.8. The minimum Gasteiger partial charge on any atom is -0.352 e. The molecule has 0 spiro atoms. The molecular formula is C15H23FN2O. The van der Waals surface area contributed by atoms with Crippen LogP contribution in [-0.2, 0) is 0 Å². The topological polar surface area (TPSA) is 42.0 Å². The molecule has 0 aliphatic rings. The summed E-state index contributed by atoms with van der Waals surface area (Å²) in [7, 11) is 0. The number of hydrogen-bond acceptors (Lipinski definition) is 2. The zero-order valence-electron chi connectivity index (χ0n) is 11.8. The second-order valence-electron chi connectivity index (χ2n) is 5.19. The van der Waals surface area contributed by atoms with Crippen LogP contribution in [0.2, 0.25) is 0 Å². The van der Waals surface area contributed by atoms with Crippen molar-refractivity contribution in [2.45, 2.75) is 46.0 Å². The first-order chi connectivity index (χ1) is 9.11. The van der Waals surface area contributed by atoms with Gasteiger partial charge in [-0.2, -0.15) is 4.39 Å². The van der Waals surface area contributed by atoms with Gasteiger partial charge in [0.1, 0.15) is 0 Å². The lowest BCUT2D eigenvalue weighted by Gasteiger charge is -2.06. The number of amides is 1. The third kappa shape index (κ3) is 6.32. The number of aromatic nitrogens is 1. The normalized spacial score (nSPS) is 10.7. The molecule has 1 heterocycles. The Bertz CT molecular complexity index is 393. The van der Waals surface area contributed by atoms with Crippen LogP contribution in [0.3, 0.4) is 0 Å². The smallest absolute Gasteiger partial charge is 0.255 e. The van der Waals surface area contributed by atoms with Gasteiger partial charge in [0.05, 0.1) is 5.56 Å². The van der Waals surface area contributed by atoms with Crippen LogP contribution >= 0.6 is 0 Å². The van der Waals surface area contributed by atoms with Crippen LogP contribution in [0.15, 0.2) is 18.3 Å². The largest absolute Gasteiger partial charge is 0.352 e. The first kappa shape index (κ1) is 15.6. The Hall–Kier alpha value is -1.45. The summed E-state index contributed by atoms with van der Waals surface area (Å²) < 4.78 is 13.2. The molecule has 1 aromatic heterocycles. The molecule has 1 N–H and O–H groups in total.